The van der Waals surface area contributed by atoms with E-state index in [1.54, 1.807) is 6.08 Å². The van der Waals surface area contributed by atoms with Crippen molar-refractivity contribution in [1.29, 1.82) is 0 Å². The van der Waals surface area contributed by atoms with Crippen molar-refractivity contribution in [1.82, 2.24) is 14.3 Å². The molecule has 4 rings (SSSR count). The molecular weight excluding hydrogens is 414 g/mol. The predicted molar refractivity (Wildman–Crippen MR) is 122 cm³/mol. The standard InChI is InChI=1S/C23H24ClN5O2/c24-22-19(29-13-4-3-9-20(29)27-22)10-11-21(30)26-18-8-2-1-6-16(18)14-28-12-5-7-17(15-28)23(25)31/h1-4,6,8-11,13,17H,5,7,12,14-15H2,(H2,25,31)(H,26,30)/b11-10+. The number of nitrogens with one attached hydrogen (secondary N) is 1. The minimum Gasteiger partial charge on any atom is -0.369 e. The van der Waals surface area contributed by atoms with Gasteiger partial charge in [0.1, 0.15) is 5.65 Å². The van der Waals surface area contributed by atoms with E-state index in [0.717, 1.165) is 30.6 Å². The van der Waals surface area contributed by atoms with Crippen molar-refractivity contribution in [2.24, 2.45) is 11.7 Å². The Hall–Kier alpha value is -3.16. The molecule has 1 aliphatic heterocycles. The van der Waals surface area contributed by atoms with E-state index >= 15 is 0 Å². The normalized spacial score (nSPS) is 17.3. The Bertz CT molecular complexity index is 1140. The number of primary amides is 1. The zero-order valence-electron chi connectivity index (χ0n) is 17.0. The number of nitrogens with two attached hydrogens (primary N) is 1. The van der Waals surface area contributed by atoms with Crippen LogP contribution in [0, 0.1) is 5.92 Å². The van der Waals surface area contributed by atoms with Crippen LogP contribution in [0.1, 0.15) is 24.1 Å². The van der Waals surface area contributed by atoms with Crippen LogP contribution in [0.3, 0.4) is 0 Å². The summed E-state index contributed by atoms with van der Waals surface area (Å²) in [6, 6.07) is 13.3. The second-order valence-electron chi connectivity index (χ2n) is 7.67. The van der Waals surface area contributed by atoms with E-state index in [2.05, 4.69) is 15.2 Å². The summed E-state index contributed by atoms with van der Waals surface area (Å²) in [5.74, 6) is -0.626. The van der Waals surface area contributed by atoms with Crippen LogP contribution in [-0.4, -0.2) is 39.2 Å². The number of halogens is 1. The summed E-state index contributed by atoms with van der Waals surface area (Å²) in [4.78, 5) is 30.6. The van der Waals surface area contributed by atoms with Gasteiger partial charge >= 0.3 is 0 Å². The smallest absolute Gasteiger partial charge is 0.248 e. The predicted octanol–water partition coefficient (Wildman–Crippen LogP) is 3.34. The summed E-state index contributed by atoms with van der Waals surface area (Å²) in [6.45, 7) is 2.19. The van der Waals surface area contributed by atoms with E-state index in [9.17, 15) is 9.59 Å². The van der Waals surface area contributed by atoms with Gasteiger partial charge in [-0.1, -0.05) is 35.9 Å². The highest BCUT2D eigenvalue weighted by Crippen LogP contribution is 2.23. The number of amides is 2. The van der Waals surface area contributed by atoms with Crippen LogP contribution in [0.4, 0.5) is 5.69 Å². The fourth-order valence-corrected chi connectivity index (χ4v) is 4.16. The van der Waals surface area contributed by atoms with Gasteiger partial charge in [0.05, 0.1) is 11.6 Å². The summed E-state index contributed by atoms with van der Waals surface area (Å²) in [5, 5.41) is 3.28. The number of aromatic nitrogens is 2. The highest BCUT2D eigenvalue weighted by molar-refractivity contribution is 6.31. The molecular formula is C23H24ClN5O2. The number of benzene rings is 1. The molecule has 8 heteroatoms. The van der Waals surface area contributed by atoms with Crippen molar-refractivity contribution >= 4 is 40.8 Å². The number of hydrogen-bond donors (Lipinski definition) is 2. The average Bonchev–Trinajstić information content (AvgIpc) is 3.09. The minimum absolute atomic E-state index is 0.117. The summed E-state index contributed by atoms with van der Waals surface area (Å²) in [7, 11) is 0. The van der Waals surface area contributed by atoms with E-state index in [0.29, 0.717) is 29.6 Å². The van der Waals surface area contributed by atoms with Gasteiger partial charge in [0.15, 0.2) is 5.15 Å². The Morgan fingerprint density at radius 1 is 1.23 bits per heavy atom. The van der Waals surface area contributed by atoms with E-state index in [1.165, 1.54) is 6.08 Å². The molecule has 160 valence electrons. The van der Waals surface area contributed by atoms with Gasteiger partial charge in [0.25, 0.3) is 0 Å². The van der Waals surface area contributed by atoms with Crippen LogP contribution in [0.25, 0.3) is 11.7 Å². The lowest BCUT2D eigenvalue weighted by Crippen LogP contribution is -2.40. The minimum atomic E-state index is -0.261. The number of pyridine rings is 1. The fourth-order valence-electron chi connectivity index (χ4n) is 3.92. The molecule has 0 bridgehead atoms. The molecule has 3 N–H and O–H groups in total. The Balaban J connectivity index is 1.46. The van der Waals surface area contributed by atoms with Gasteiger partial charge in [-0.3, -0.25) is 18.9 Å². The Labute approximate surface area is 185 Å². The van der Waals surface area contributed by atoms with Gasteiger partial charge < -0.3 is 11.1 Å². The molecule has 1 saturated heterocycles. The molecule has 1 atom stereocenters. The molecule has 1 fully saturated rings. The molecule has 3 heterocycles. The van der Waals surface area contributed by atoms with Gasteiger partial charge in [-0.25, -0.2) is 4.98 Å². The van der Waals surface area contributed by atoms with E-state index in [1.807, 2.05) is 53.1 Å². The van der Waals surface area contributed by atoms with Gasteiger partial charge in [-0.2, -0.15) is 0 Å². The first-order valence-corrected chi connectivity index (χ1v) is 10.6. The quantitative estimate of drug-likeness (QED) is 0.578. The number of nitrogens with zero attached hydrogens (tertiary/aromatic N) is 3. The van der Waals surface area contributed by atoms with Crippen molar-refractivity contribution < 1.29 is 9.59 Å². The highest BCUT2D eigenvalue weighted by atomic mass is 35.5. The third kappa shape index (κ3) is 4.95. The lowest BCUT2D eigenvalue weighted by molar-refractivity contribution is -0.123. The Morgan fingerprint density at radius 2 is 2.03 bits per heavy atom. The molecule has 1 aromatic carbocycles. The first-order valence-electron chi connectivity index (χ1n) is 10.2. The zero-order valence-corrected chi connectivity index (χ0v) is 17.8. The number of carbonyl (C=O) groups excluding carboxylic acids is 2. The molecule has 31 heavy (non-hydrogen) atoms. The molecule has 0 saturated carbocycles. The lowest BCUT2D eigenvalue weighted by Gasteiger charge is -2.31. The maximum absolute atomic E-state index is 12.6. The molecule has 3 aromatic rings. The molecule has 1 unspecified atom stereocenters. The third-order valence-corrected chi connectivity index (χ3v) is 5.77. The second kappa shape index (κ2) is 9.32. The first kappa shape index (κ1) is 21.1. The highest BCUT2D eigenvalue weighted by Gasteiger charge is 2.24. The van der Waals surface area contributed by atoms with Crippen molar-refractivity contribution in [2.45, 2.75) is 19.4 Å². The van der Waals surface area contributed by atoms with Crippen molar-refractivity contribution in [3.8, 4) is 0 Å². The Morgan fingerprint density at radius 3 is 2.87 bits per heavy atom. The molecule has 2 aromatic heterocycles. The maximum atomic E-state index is 12.6. The number of piperidine rings is 1. The van der Waals surface area contributed by atoms with Crippen molar-refractivity contribution in [2.75, 3.05) is 18.4 Å². The Kier molecular flexibility index (Phi) is 6.34. The zero-order chi connectivity index (χ0) is 21.8. The number of imidazole rings is 1. The summed E-state index contributed by atoms with van der Waals surface area (Å²) >= 11 is 6.23. The van der Waals surface area contributed by atoms with Crippen LogP contribution < -0.4 is 11.1 Å². The van der Waals surface area contributed by atoms with Crippen LogP contribution in [0.15, 0.2) is 54.7 Å². The number of fused-ring (bicyclic) bond motifs is 1. The van der Waals surface area contributed by atoms with E-state index < -0.39 is 0 Å². The van der Waals surface area contributed by atoms with E-state index in [4.69, 9.17) is 17.3 Å². The number of rotatable bonds is 6. The van der Waals surface area contributed by atoms with Crippen LogP contribution >= 0.6 is 11.6 Å². The van der Waals surface area contributed by atoms with E-state index in [-0.39, 0.29) is 17.7 Å². The number of anilines is 1. The monoisotopic (exact) mass is 437 g/mol. The SMILES string of the molecule is NC(=O)C1CCCN(Cc2ccccc2NC(=O)/C=C/c2c(Cl)nc3ccccn23)C1. The van der Waals surface area contributed by atoms with Gasteiger partial charge in [0.2, 0.25) is 11.8 Å². The molecule has 0 spiro atoms. The number of para-hydroxylation sites is 1. The summed E-state index contributed by atoms with van der Waals surface area (Å²) in [5.41, 5.74) is 8.58. The van der Waals surface area contributed by atoms with Crippen LogP contribution in [0.5, 0.6) is 0 Å². The van der Waals surface area contributed by atoms with Crippen molar-refractivity contribution in [3.63, 3.8) is 0 Å². The number of hydrogen-bond acceptors (Lipinski definition) is 4. The molecule has 0 aliphatic carbocycles. The fraction of sp³-hybridized carbons (Fsp3) is 0.261. The topological polar surface area (TPSA) is 92.7 Å². The maximum Gasteiger partial charge on any atom is 0.248 e. The summed E-state index contributed by atoms with van der Waals surface area (Å²) in [6.07, 6.45) is 6.72. The van der Waals surface area contributed by atoms with Crippen LogP contribution in [0.2, 0.25) is 5.15 Å². The molecule has 7 nitrogen and oxygen atoms in total. The van der Waals surface area contributed by atoms with Crippen LogP contribution in [-0.2, 0) is 16.1 Å². The largest absolute Gasteiger partial charge is 0.369 e. The number of carbonyl (C=O) groups is 2. The van der Waals surface area contributed by atoms with Gasteiger partial charge in [0, 0.05) is 31.0 Å². The molecule has 1 aliphatic rings. The molecule has 2 amide bonds. The van der Waals surface area contributed by atoms with Gasteiger partial charge in [-0.05, 0) is 49.2 Å². The first-order chi connectivity index (χ1) is 15.0. The third-order valence-electron chi connectivity index (χ3n) is 5.49. The summed E-state index contributed by atoms with van der Waals surface area (Å²) < 4.78 is 1.82. The lowest BCUT2D eigenvalue weighted by atomic mass is 9.97. The van der Waals surface area contributed by atoms with Gasteiger partial charge in [-0.15, -0.1) is 0 Å². The number of likely N-dealkylation sites (tertiary alicyclic amines) is 1. The van der Waals surface area contributed by atoms with Crippen molar-refractivity contribution in [3.05, 3.63) is 71.1 Å². The molecule has 0 radical (unpaired) electrons. The average molecular weight is 438 g/mol. The second-order valence-corrected chi connectivity index (χ2v) is 8.03.